The molecule has 0 spiro atoms. The molecule has 88 valence electrons. The molecule has 5 heteroatoms. The standard InChI is InChI=1S/C11H17N3O2/c1-3-4-5-8-16-10-14-7-6-13(2)11(14)9-12-15/h4-7,9H,3,8,10H2,1-2H3/p+1/b5-4+. The summed E-state index contributed by atoms with van der Waals surface area (Å²) in [6, 6.07) is 0. The van der Waals surface area contributed by atoms with Gasteiger partial charge in [0, 0.05) is 0 Å². The van der Waals surface area contributed by atoms with Crippen LogP contribution in [0.3, 0.4) is 0 Å². The summed E-state index contributed by atoms with van der Waals surface area (Å²) in [4.78, 5) is 0. The van der Waals surface area contributed by atoms with Crippen molar-refractivity contribution < 1.29 is 14.5 Å². The van der Waals surface area contributed by atoms with E-state index in [1.54, 1.807) is 0 Å². The molecule has 1 rings (SSSR count). The molecule has 0 aliphatic carbocycles. The summed E-state index contributed by atoms with van der Waals surface area (Å²) in [6.45, 7) is 3.11. The van der Waals surface area contributed by atoms with Crippen molar-refractivity contribution in [2.24, 2.45) is 12.2 Å². The van der Waals surface area contributed by atoms with Gasteiger partial charge < -0.3 is 9.94 Å². The Balaban J connectivity index is 2.50. The fraction of sp³-hybridized carbons (Fsp3) is 0.455. The maximum atomic E-state index is 8.52. The second-order valence-electron chi connectivity index (χ2n) is 3.36. The van der Waals surface area contributed by atoms with E-state index < -0.39 is 0 Å². The Morgan fingerprint density at radius 3 is 3.06 bits per heavy atom. The van der Waals surface area contributed by atoms with Crippen LogP contribution in [-0.4, -0.2) is 22.6 Å². The first-order valence-electron chi connectivity index (χ1n) is 5.24. The van der Waals surface area contributed by atoms with Gasteiger partial charge in [0.05, 0.1) is 13.7 Å². The zero-order valence-corrected chi connectivity index (χ0v) is 9.71. The zero-order valence-electron chi connectivity index (χ0n) is 9.71. The van der Waals surface area contributed by atoms with Crippen LogP contribution >= 0.6 is 0 Å². The van der Waals surface area contributed by atoms with Crippen molar-refractivity contribution in [3.63, 3.8) is 0 Å². The van der Waals surface area contributed by atoms with Crippen LogP contribution in [0.2, 0.25) is 0 Å². The van der Waals surface area contributed by atoms with Crippen molar-refractivity contribution in [1.82, 2.24) is 4.57 Å². The lowest BCUT2D eigenvalue weighted by molar-refractivity contribution is -0.672. The highest BCUT2D eigenvalue weighted by atomic mass is 16.5. The fourth-order valence-corrected chi connectivity index (χ4v) is 1.32. The van der Waals surface area contributed by atoms with Crippen molar-refractivity contribution >= 4 is 6.21 Å². The Labute approximate surface area is 95.3 Å². The number of aromatic nitrogens is 2. The molecule has 0 bridgehead atoms. The molecule has 0 saturated carbocycles. The third kappa shape index (κ3) is 3.51. The van der Waals surface area contributed by atoms with E-state index in [4.69, 9.17) is 9.94 Å². The number of hydrogen-bond acceptors (Lipinski definition) is 3. The van der Waals surface area contributed by atoms with Crippen LogP contribution in [0.4, 0.5) is 0 Å². The minimum absolute atomic E-state index is 0.441. The topological polar surface area (TPSA) is 50.6 Å². The highest BCUT2D eigenvalue weighted by Gasteiger charge is 2.11. The maximum Gasteiger partial charge on any atom is 0.305 e. The van der Waals surface area contributed by atoms with E-state index in [-0.39, 0.29) is 0 Å². The number of ether oxygens (including phenoxy) is 1. The zero-order chi connectivity index (χ0) is 11.8. The van der Waals surface area contributed by atoms with Crippen LogP contribution in [-0.2, 0) is 18.5 Å². The van der Waals surface area contributed by atoms with Crippen molar-refractivity contribution in [2.45, 2.75) is 20.1 Å². The lowest BCUT2D eigenvalue weighted by Crippen LogP contribution is -2.32. The quantitative estimate of drug-likeness (QED) is 0.196. The largest absolute Gasteiger partial charge is 0.411 e. The van der Waals surface area contributed by atoms with Crippen LogP contribution in [0.1, 0.15) is 19.2 Å². The van der Waals surface area contributed by atoms with E-state index in [9.17, 15) is 0 Å². The average molecular weight is 224 g/mol. The van der Waals surface area contributed by atoms with Crippen LogP contribution < -0.4 is 4.57 Å². The van der Waals surface area contributed by atoms with Gasteiger partial charge in [-0.2, -0.15) is 0 Å². The fourth-order valence-electron chi connectivity index (χ4n) is 1.32. The van der Waals surface area contributed by atoms with Gasteiger partial charge in [-0.05, 0) is 6.42 Å². The second-order valence-corrected chi connectivity index (χ2v) is 3.36. The molecular weight excluding hydrogens is 206 g/mol. The molecule has 5 nitrogen and oxygen atoms in total. The number of oxime groups is 1. The summed E-state index contributed by atoms with van der Waals surface area (Å²) in [7, 11) is 1.88. The minimum atomic E-state index is 0.441. The summed E-state index contributed by atoms with van der Waals surface area (Å²) < 4.78 is 9.15. The predicted molar refractivity (Wildman–Crippen MR) is 60.4 cm³/mol. The third-order valence-corrected chi connectivity index (χ3v) is 2.15. The number of hydrogen-bond donors (Lipinski definition) is 1. The van der Waals surface area contributed by atoms with E-state index in [0.29, 0.717) is 13.3 Å². The van der Waals surface area contributed by atoms with E-state index in [1.807, 2.05) is 34.7 Å². The van der Waals surface area contributed by atoms with Crippen molar-refractivity contribution in [3.8, 4) is 0 Å². The highest BCUT2D eigenvalue weighted by Crippen LogP contribution is 1.93. The summed E-state index contributed by atoms with van der Waals surface area (Å²) >= 11 is 0. The first-order chi connectivity index (χ1) is 7.79. The van der Waals surface area contributed by atoms with Crippen LogP contribution in [0, 0.1) is 0 Å². The van der Waals surface area contributed by atoms with E-state index in [0.717, 1.165) is 12.2 Å². The van der Waals surface area contributed by atoms with Gasteiger partial charge in [-0.1, -0.05) is 24.2 Å². The molecule has 1 N–H and O–H groups in total. The van der Waals surface area contributed by atoms with E-state index >= 15 is 0 Å². The molecule has 0 unspecified atom stereocenters. The SMILES string of the molecule is CC/C=C/COCn1cc[n+](C)c1/C=N/O. The van der Waals surface area contributed by atoms with Gasteiger partial charge in [0.15, 0.2) is 12.9 Å². The van der Waals surface area contributed by atoms with E-state index in [2.05, 4.69) is 18.2 Å². The van der Waals surface area contributed by atoms with Crippen LogP contribution in [0.5, 0.6) is 0 Å². The molecule has 0 fully saturated rings. The Hall–Kier alpha value is -1.62. The van der Waals surface area contributed by atoms with Crippen molar-refractivity contribution in [1.29, 1.82) is 0 Å². The molecule has 0 aromatic carbocycles. The summed E-state index contributed by atoms with van der Waals surface area (Å²) in [6.07, 6.45) is 10.2. The Bertz CT molecular complexity index is 369. The lowest BCUT2D eigenvalue weighted by atomic mass is 10.4. The number of imidazole rings is 1. The molecule has 1 aromatic heterocycles. The van der Waals surface area contributed by atoms with Gasteiger partial charge in [-0.3, -0.25) is 0 Å². The number of allylic oxidation sites excluding steroid dienone is 1. The first-order valence-corrected chi connectivity index (χ1v) is 5.24. The Kier molecular flexibility index (Phi) is 5.28. The smallest absolute Gasteiger partial charge is 0.305 e. The average Bonchev–Trinajstić information content (AvgIpc) is 2.62. The molecule has 0 amide bonds. The van der Waals surface area contributed by atoms with Crippen molar-refractivity contribution in [3.05, 3.63) is 30.4 Å². The highest BCUT2D eigenvalue weighted by molar-refractivity contribution is 5.72. The third-order valence-electron chi connectivity index (χ3n) is 2.15. The molecule has 1 heterocycles. The van der Waals surface area contributed by atoms with Gasteiger partial charge in [0.1, 0.15) is 12.4 Å². The predicted octanol–water partition coefficient (Wildman–Crippen LogP) is 1.06. The van der Waals surface area contributed by atoms with Crippen LogP contribution in [0.15, 0.2) is 29.7 Å². The minimum Gasteiger partial charge on any atom is -0.411 e. The van der Waals surface area contributed by atoms with E-state index in [1.165, 1.54) is 6.21 Å². The van der Waals surface area contributed by atoms with Gasteiger partial charge in [-0.15, -0.1) is 0 Å². The van der Waals surface area contributed by atoms with Crippen molar-refractivity contribution in [2.75, 3.05) is 6.61 Å². The normalized spacial score (nSPS) is 11.9. The van der Waals surface area contributed by atoms with Gasteiger partial charge in [0.2, 0.25) is 0 Å². The summed E-state index contributed by atoms with van der Waals surface area (Å²) in [5, 5.41) is 11.5. The lowest BCUT2D eigenvalue weighted by Gasteiger charge is -1.99. The Morgan fingerprint density at radius 2 is 2.38 bits per heavy atom. The molecule has 0 radical (unpaired) electrons. The number of nitrogens with zero attached hydrogens (tertiary/aromatic N) is 3. The molecule has 0 aliphatic heterocycles. The molecule has 0 atom stereocenters. The molecule has 1 aromatic rings. The molecule has 0 saturated heterocycles. The molecule has 16 heavy (non-hydrogen) atoms. The number of aryl methyl sites for hydroxylation is 1. The molecule has 0 aliphatic rings. The summed E-state index contributed by atoms with van der Waals surface area (Å²) in [5.41, 5.74) is 0. The molecular formula is C11H18N3O2+. The van der Waals surface area contributed by atoms with Gasteiger partial charge in [0.25, 0.3) is 0 Å². The van der Waals surface area contributed by atoms with Crippen LogP contribution in [0.25, 0.3) is 0 Å². The first kappa shape index (κ1) is 12.4. The maximum absolute atomic E-state index is 8.52. The number of rotatable bonds is 6. The Morgan fingerprint density at radius 1 is 1.56 bits per heavy atom. The van der Waals surface area contributed by atoms with Gasteiger partial charge >= 0.3 is 5.82 Å². The monoisotopic (exact) mass is 224 g/mol. The van der Waals surface area contributed by atoms with Gasteiger partial charge in [-0.25, -0.2) is 9.13 Å². The second kappa shape index (κ2) is 6.79. The summed E-state index contributed by atoms with van der Waals surface area (Å²) in [5.74, 6) is 0.780.